The molecule has 0 heterocycles. The largest absolute Gasteiger partial charge is 0.207 e. The van der Waals surface area contributed by atoms with E-state index in [2.05, 4.69) is 6.55 Å². The molecular weight excluding hydrogens is 282 g/mol. The van der Waals surface area contributed by atoms with Gasteiger partial charge in [-0.15, -0.1) is 11.6 Å². The van der Waals surface area contributed by atoms with Crippen LogP contribution in [0, 0.1) is 11.6 Å². The molecule has 0 nitrogen and oxygen atoms in total. The Morgan fingerprint density at radius 2 is 1.21 bits per heavy atom. The third-order valence-corrected chi connectivity index (χ3v) is 5.64. The van der Waals surface area contributed by atoms with Crippen molar-refractivity contribution in [1.29, 1.82) is 0 Å². The molecule has 2 rings (SSSR count). The second-order valence-corrected chi connectivity index (χ2v) is 7.28. The summed E-state index contributed by atoms with van der Waals surface area (Å²) in [4.78, 5) is 0. The van der Waals surface area contributed by atoms with Crippen LogP contribution in [-0.2, 0) is 0 Å². The number of benzene rings is 2. The summed E-state index contributed by atoms with van der Waals surface area (Å²) in [5.74, 6) is -0.525. The molecule has 0 N–H and O–H groups in total. The van der Waals surface area contributed by atoms with Crippen LogP contribution >= 0.6 is 11.6 Å². The van der Waals surface area contributed by atoms with Crippen molar-refractivity contribution in [2.24, 2.45) is 0 Å². The van der Waals surface area contributed by atoms with E-state index in [9.17, 15) is 8.78 Å². The smallest absolute Gasteiger partial charge is 0.123 e. The van der Waals surface area contributed by atoms with Gasteiger partial charge in [0.05, 0.1) is 0 Å². The molecule has 2 aromatic carbocycles. The molecule has 0 aliphatic heterocycles. The first-order valence-electron chi connectivity index (χ1n) is 6.26. The Kier molecular flexibility index (Phi) is 4.72. The molecule has 2 aromatic rings. The van der Waals surface area contributed by atoms with Crippen LogP contribution in [0.25, 0.3) is 0 Å². The highest BCUT2D eigenvalue weighted by molar-refractivity contribution is 6.52. The molecular formula is C15H15ClF2Si. The van der Waals surface area contributed by atoms with Gasteiger partial charge in [0.25, 0.3) is 0 Å². The van der Waals surface area contributed by atoms with Gasteiger partial charge in [0, 0.05) is 20.4 Å². The minimum atomic E-state index is -0.438. The summed E-state index contributed by atoms with van der Waals surface area (Å²) in [6.45, 7) is 2.14. The molecule has 0 aromatic heterocycles. The molecule has 0 radical (unpaired) electrons. The Bertz CT molecular complexity index is 479. The van der Waals surface area contributed by atoms with Crippen molar-refractivity contribution in [2.75, 3.05) is 0 Å². The summed E-state index contributed by atoms with van der Waals surface area (Å²) < 4.78 is 26.0. The Hall–Kier alpha value is -1.19. The van der Waals surface area contributed by atoms with Crippen LogP contribution in [0.4, 0.5) is 8.78 Å². The van der Waals surface area contributed by atoms with Crippen molar-refractivity contribution >= 4 is 21.1 Å². The summed E-state index contributed by atoms with van der Waals surface area (Å²) >= 11 is 6.45. The molecule has 0 saturated heterocycles. The fourth-order valence-electron chi connectivity index (χ4n) is 2.19. The second kappa shape index (κ2) is 6.31. The van der Waals surface area contributed by atoms with Gasteiger partial charge in [-0.1, -0.05) is 30.8 Å². The maximum Gasteiger partial charge on any atom is 0.123 e. The number of rotatable bonds is 4. The lowest BCUT2D eigenvalue weighted by Crippen LogP contribution is -2.19. The molecule has 0 fully saturated rings. The summed E-state index contributed by atoms with van der Waals surface area (Å²) in [6, 6.07) is 12.8. The zero-order valence-electron chi connectivity index (χ0n) is 10.6. The van der Waals surface area contributed by atoms with Crippen molar-refractivity contribution in [3.63, 3.8) is 0 Å². The van der Waals surface area contributed by atoms with Crippen LogP contribution in [0.15, 0.2) is 48.5 Å². The standard InChI is InChI=1S/C15H15ClF2Si/c1-19-15(16)14(10-2-6-12(17)7-3-10)11-4-8-13(18)9-5-11/h2-9,14-15H,19H2,1H3. The molecule has 19 heavy (non-hydrogen) atoms. The molecule has 0 saturated carbocycles. The van der Waals surface area contributed by atoms with E-state index in [0.717, 1.165) is 11.1 Å². The molecule has 1 atom stereocenters. The average molecular weight is 297 g/mol. The molecule has 1 unspecified atom stereocenters. The van der Waals surface area contributed by atoms with Gasteiger partial charge in [0.15, 0.2) is 0 Å². The minimum Gasteiger partial charge on any atom is -0.207 e. The number of hydrogen-bond donors (Lipinski definition) is 0. The van der Waals surface area contributed by atoms with Gasteiger partial charge < -0.3 is 0 Å². The van der Waals surface area contributed by atoms with Crippen molar-refractivity contribution in [3.05, 3.63) is 71.3 Å². The fourth-order valence-corrected chi connectivity index (χ4v) is 3.49. The summed E-state index contributed by atoms with van der Waals surface area (Å²) in [7, 11) is -0.438. The highest BCUT2D eigenvalue weighted by atomic mass is 35.5. The van der Waals surface area contributed by atoms with Gasteiger partial charge in [-0.25, -0.2) is 8.78 Å². The number of halogens is 3. The van der Waals surface area contributed by atoms with E-state index < -0.39 is 9.52 Å². The van der Waals surface area contributed by atoms with Crippen LogP contribution in [0.5, 0.6) is 0 Å². The van der Waals surface area contributed by atoms with E-state index >= 15 is 0 Å². The predicted octanol–water partition coefficient (Wildman–Crippen LogP) is 3.88. The van der Waals surface area contributed by atoms with Gasteiger partial charge in [-0.3, -0.25) is 0 Å². The van der Waals surface area contributed by atoms with E-state index in [0.29, 0.717) is 0 Å². The minimum absolute atomic E-state index is 0.000432. The van der Waals surface area contributed by atoms with E-state index in [-0.39, 0.29) is 22.6 Å². The van der Waals surface area contributed by atoms with Crippen LogP contribution < -0.4 is 0 Å². The maximum absolute atomic E-state index is 13.0. The summed E-state index contributed by atoms with van der Waals surface area (Å²) in [5, 5.41) is 0.0240. The molecule has 100 valence electrons. The summed E-state index contributed by atoms with van der Waals surface area (Å²) in [6.07, 6.45) is 0. The fraction of sp³-hybridized carbons (Fsp3) is 0.200. The van der Waals surface area contributed by atoms with Gasteiger partial charge in [-0.05, 0) is 35.4 Å². The van der Waals surface area contributed by atoms with Crippen LogP contribution in [0.3, 0.4) is 0 Å². The van der Waals surface area contributed by atoms with Gasteiger partial charge in [0.1, 0.15) is 11.6 Å². The van der Waals surface area contributed by atoms with Crippen molar-refractivity contribution in [3.8, 4) is 0 Å². The van der Waals surface area contributed by atoms with Crippen molar-refractivity contribution in [2.45, 2.75) is 17.5 Å². The van der Waals surface area contributed by atoms with Crippen LogP contribution in [0.1, 0.15) is 17.0 Å². The van der Waals surface area contributed by atoms with E-state index in [1.165, 1.54) is 24.3 Å². The SMILES string of the molecule is C[SiH2]C(Cl)C(c1ccc(F)cc1)c1ccc(F)cc1. The first-order valence-corrected chi connectivity index (χ1v) is 8.93. The highest BCUT2D eigenvalue weighted by Gasteiger charge is 2.22. The molecule has 4 heteroatoms. The van der Waals surface area contributed by atoms with E-state index in [1.807, 2.05) is 0 Å². The van der Waals surface area contributed by atoms with E-state index in [4.69, 9.17) is 11.6 Å². The maximum atomic E-state index is 13.0. The second-order valence-electron chi connectivity index (χ2n) is 4.51. The Labute approximate surface area is 119 Å². The topological polar surface area (TPSA) is 0 Å². The molecule has 0 aliphatic carbocycles. The Morgan fingerprint density at radius 1 is 0.842 bits per heavy atom. The summed E-state index contributed by atoms with van der Waals surface area (Å²) in [5.41, 5.74) is 1.95. The normalized spacial score (nSPS) is 13.3. The first kappa shape index (κ1) is 14.2. The lowest BCUT2D eigenvalue weighted by molar-refractivity contribution is 0.625. The Balaban J connectivity index is 2.41. The van der Waals surface area contributed by atoms with Crippen LogP contribution in [-0.4, -0.2) is 14.5 Å². The molecule has 0 bridgehead atoms. The monoisotopic (exact) mass is 296 g/mol. The van der Waals surface area contributed by atoms with Gasteiger partial charge in [0.2, 0.25) is 0 Å². The molecule has 0 spiro atoms. The highest BCUT2D eigenvalue weighted by Crippen LogP contribution is 2.31. The van der Waals surface area contributed by atoms with E-state index in [1.54, 1.807) is 24.3 Å². The molecule has 0 aliphatic rings. The van der Waals surface area contributed by atoms with Crippen LogP contribution in [0.2, 0.25) is 6.55 Å². The average Bonchev–Trinajstić information content (AvgIpc) is 2.43. The van der Waals surface area contributed by atoms with Crippen molar-refractivity contribution in [1.82, 2.24) is 0 Å². The zero-order valence-corrected chi connectivity index (χ0v) is 12.8. The Morgan fingerprint density at radius 3 is 1.53 bits per heavy atom. The number of alkyl halides is 1. The molecule has 0 amide bonds. The lowest BCUT2D eigenvalue weighted by atomic mass is 9.93. The first-order chi connectivity index (χ1) is 9.11. The number of hydrogen-bond acceptors (Lipinski definition) is 0. The lowest BCUT2D eigenvalue weighted by Gasteiger charge is -2.22. The third kappa shape index (κ3) is 3.42. The quantitative estimate of drug-likeness (QED) is 0.593. The predicted molar refractivity (Wildman–Crippen MR) is 78.7 cm³/mol. The van der Waals surface area contributed by atoms with Gasteiger partial charge >= 0.3 is 0 Å². The zero-order chi connectivity index (χ0) is 13.8. The van der Waals surface area contributed by atoms with Crippen molar-refractivity contribution < 1.29 is 8.78 Å². The third-order valence-electron chi connectivity index (χ3n) is 3.21. The van der Waals surface area contributed by atoms with Gasteiger partial charge in [-0.2, -0.15) is 0 Å².